The van der Waals surface area contributed by atoms with Crippen LogP contribution in [-0.4, -0.2) is 0 Å². The topological polar surface area (TPSA) is 0 Å². The summed E-state index contributed by atoms with van der Waals surface area (Å²) in [6.07, 6.45) is 0. The largest absolute Gasteiger partial charge is 0.0840 e. The van der Waals surface area contributed by atoms with Gasteiger partial charge in [0, 0.05) is 5.02 Å². The lowest BCUT2D eigenvalue weighted by Crippen LogP contribution is -1.75. The van der Waals surface area contributed by atoms with E-state index in [9.17, 15) is 0 Å². The van der Waals surface area contributed by atoms with Crippen LogP contribution in [0.4, 0.5) is 0 Å². The minimum absolute atomic E-state index is 0.457. The fraction of sp³-hybridized carbons (Fsp3) is 0. The number of hydrogen-bond donors (Lipinski definition) is 0. The molecule has 0 aliphatic heterocycles. The van der Waals surface area contributed by atoms with Crippen LogP contribution in [0.25, 0.3) is 0 Å². The molecule has 1 aromatic carbocycles. The molecule has 0 saturated heterocycles. The molecule has 0 aliphatic carbocycles. The second-order valence-corrected chi connectivity index (χ2v) is 3.08. The van der Waals surface area contributed by atoms with Crippen LogP contribution in [0.2, 0.25) is 15.1 Å². The molecule has 0 nitrogen and oxygen atoms in total. The summed E-state index contributed by atoms with van der Waals surface area (Å²) in [5.41, 5.74) is 0.691. The first-order valence-corrected chi connectivity index (χ1v) is 3.71. The molecule has 1 aromatic rings. The molecule has 0 unspecified atom stereocenters. The molecule has 0 aromatic heterocycles. The predicted molar refractivity (Wildman–Crippen MR) is 45.9 cm³/mol. The van der Waals surface area contributed by atoms with Gasteiger partial charge in [-0.15, -0.1) is 0 Å². The second-order valence-electron chi connectivity index (χ2n) is 1.86. The van der Waals surface area contributed by atoms with Gasteiger partial charge in [-0.3, -0.25) is 0 Å². The van der Waals surface area contributed by atoms with Crippen molar-refractivity contribution in [3.63, 3.8) is 0 Å². The van der Waals surface area contributed by atoms with Crippen molar-refractivity contribution in [2.24, 2.45) is 0 Å². The molecule has 1 radical (unpaired) electrons. The third-order valence-electron chi connectivity index (χ3n) is 1.09. The van der Waals surface area contributed by atoms with Gasteiger partial charge >= 0.3 is 0 Å². The van der Waals surface area contributed by atoms with Gasteiger partial charge in [-0.05, 0) is 24.6 Å². The lowest BCUT2D eigenvalue weighted by Gasteiger charge is -1.98. The highest BCUT2D eigenvalue weighted by Crippen LogP contribution is 2.27. The number of benzene rings is 1. The fourth-order valence-corrected chi connectivity index (χ4v) is 1.13. The van der Waals surface area contributed by atoms with Gasteiger partial charge in [0.05, 0.1) is 10.0 Å². The van der Waals surface area contributed by atoms with Crippen molar-refractivity contribution >= 4 is 34.8 Å². The van der Waals surface area contributed by atoms with Gasteiger partial charge in [-0.25, -0.2) is 0 Å². The van der Waals surface area contributed by atoms with Gasteiger partial charge in [-0.2, -0.15) is 0 Å². The maximum Gasteiger partial charge on any atom is 0.0607 e. The normalized spacial score (nSPS) is 10.0. The molecular formula is C7H4Cl3. The Morgan fingerprint density at radius 3 is 1.90 bits per heavy atom. The van der Waals surface area contributed by atoms with E-state index in [1.165, 1.54) is 0 Å². The van der Waals surface area contributed by atoms with E-state index < -0.39 is 0 Å². The summed E-state index contributed by atoms with van der Waals surface area (Å²) in [4.78, 5) is 0. The van der Waals surface area contributed by atoms with E-state index in [-0.39, 0.29) is 0 Å². The highest BCUT2D eigenvalue weighted by Gasteiger charge is 2.00. The maximum absolute atomic E-state index is 5.68. The molecule has 0 saturated carbocycles. The molecule has 0 atom stereocenters. The molecule has 3 heteroatoms. The van der Waals surface area contributed by atoms with E-state index >= 15 is 0 Å². The third kappa shape index (κ3) is 1.57. The van der Waals surface area contributed by atoms with Gasteiger partial charge in [0.2, 0.25) is 0 Å². The number of halogens is 3. The second kappa shape index (κ2) is 3.00. The Morgan fingerprint density at radius 1 is 0.900 bits per heavy atom. The maximum atomic E-state index is 5.68. The average Bonchev–Trinajstić information content (AvgIpc) is 1.84. The SMILES string of the molecule is [CH2]c1cc(Cl)c(Cl)cc1Cl. The summed E-state index contributed by atoms with van der Waals surface area (Å²) in [5, 5.41) is 1.48. The predicted octanol–water partition coefficient (Wildman–Crippen LogP) is 3.83. The molecule has 0 heterocycles. The van der Waals surface area contributed by atoms with Crippen molar-refractivity contribution in [1.29, 1.82) is 0 Å². The standard InChI is InChI=1S/C7H4Cl3/c1-4-2-6(9)7(10)3-5(4)8/h2-3H,1H2. The van der Waals surface area contributed by atoms with E-state index in [2.05, 4.69) is 6.92 Å². The summed E-state index contributed by atoms with van der Waals surface area (Å²) in [7, 11) is 0. The van der Waals surface area contributed by atoms with E-state index in [0.717, 1.165) is 0 Å². The van der Waals surface area contributed by atoms with Gasteiger partial charge in [0.15, 0.2) is 0 Å². The summed E-state index contributed by atoms with van der Waals surface area (Å²) in [5.74, 6) is 0. The van der Waals surface area contributed by atoms with Crippen LogP contribution < -0.4 is 0 Å². The lowest BCUT2D eigenvalue weighted by molar-refractivity contribution is 1.61. The average molecular weight is 194 g/mol. The molecule has 0 spiro atoms. The zero-order valence-corrected chi connectivity index (χ0v) is 7.26. The lowest BCUT2D eigenvalue weighted by atomic mass is 10.2. The summed E-state index contributed by atoms with van der Waals surface area (Å²) >= 11 is 17.0. The van der Waals surface area contributed by atoms with E-state index in [1.807, 2.05) is 0 Å². The van der Waals surface area contributed by atoms with Crippen LogP contribution in [0.15, 0.2) is 12.1 Å². The summed E-state index contributed by atoms with van der Waals surface area (Å²) in [6, 6.07) is 3.21. The quantitative estimate of drug-likeness (QED) is 0.551. The van der Waals surface area contributed by atoms with Crippen molar-refractivity contribution in [2.45, 2.75) is 0 Å². The first-order valence-electron chi connectivity index (χ1n) is 2.58. The fourth-order valence-electron chi connectivity index (χ4n) is 0.564. The Bertz CT molecular complexity index is 205. The van der Waals surface area contributed by atoms with Crippen LogP contribution in [0.1, 0.15) is 5.56 Å². The molecule has 0 N–H and O–H groups in total. The van der Waals surface area contributed by atoms with Crippen molar-refractivity contribution in [2.75, 3.05) is 0 Å². The van der Waals surface area contributed by atoms with Crippen LogP contribution in [0, 0.1) is 6.92 Å². The smallest absolute Gasteiger partial charge is 0.0607 e. The van der Waals surface area contributed by atoms with Gasteiger partial charge in [0.25, 0.3) is 0 Å². The summed E-state index contributed by atoms with van der Waals surface area (Å²) in [6.45, 7) is 3.65. The minimum atomic E-state index is 0.457. The highest BCUT2D eigenvalue weighted by atomic mass is 35.5. The van der Waals surface area contributed by atoms with Crippen LogP contribution >= 0.6 is 34.8 Å². The van der Waals surface area contributed by atoms with Gasteiger partial charge in [-0.1, -0.05) is 34.8 Å². The first-order chi connectivity index (χ1) is 4.61. The Morgan fingerprint density at radius 2 is 1.40 bits per heavy atom. The zero-order valence-electron chi connectivity index (χ0n) is 5.00. The molecule has 1 rings (SSSR count). The molecule has 10 heavy (non-hydrogen) atoms. The highest BCUT2D eigenvalue weighted by molar-refractivity contribution is 6.43. The van der Waals surface area contributed by atoms with Crippen molar-refractivity contribution in [3.8, 4) is 0 Å². The van der Waals surface area contributed by atoms with E-state index in [4.69, 9.17) is 34.8 Å². The third-order valence-corrected chi connectivity index (χ3v) is 2.16. The molecule has 53 valence electrons. The van der Waals surface area contributed by atoms with Crippen LogP contribution in [0.5, 0.6) is 0 Å². The van der Waals surface area contributed by atoms with Gasteiger partial charge < -0.3 is 0 Å². The molecule has 0 fully saturated rings. The summed E-state index contributed by atoms with van der Waals surface area (Å²) < 4.78 is 0. The Kier molecular flexibility index (Phi) is 2.45. The van der Waals surface area contributed by atoms with Crippen LogP contribution in [0.3, 0.4) is 0 Å². The van der Waals surface area contributed by atoms with Crippen molar-refractivity contribution in [3.05, 3.63) is 39.7 Å². The molecule has 0 aliphatic rings. The van der Waals surface area contributed by atoms with Gasteiger partial charge in [0.1, 0.15) is 0 Å². The van der Waals surface area contributed by atoms with E-state index in [1.54, 1.807) is 12.1 Å². The molecule has 0 amide bonds. The number of rotatable bonds is 0. The first kappa shape index (κ1) is 8.19. The van der Waals surface area contributed by atoms with Crippen molar-refractivity contribution in [1.82, 2.24) is 0 Å². The monoisotopic (exact) mass is 193 g/mol. The Hall–Kier alpha value is 0.0900. The molecule has 0 bridgehead atoms. The van der Waals surface area contributed by atoms with E-state index in [0.29, 0.717) is 20.6 Å². The zero-order chi connectivity index (χ0) is 7.72. The Labute approximate surface area is 74.7 Å². The Balaban J connectivity index is 3.28. The van der Waals surface area contributed by atoms with Crippen molar-refractivity contribution < 1.29 is 0 Å². The number of hydrogen-bond acceptors (Lipinski definition) is 0. The molecular weight excluding hydrogens is 190 g/mol. The van der Waals surface area contributed by atoms with Crippen LogP contribution in [-0.2, 0) is 0 Å². The minimum Gasteiger partial charge on any atom is -0.0840 e.